The number of sulfonamides is 1. The molecule has 118 valence electrons. The quantitative estimate of drug-likeness (QED) is 0.801. The van der Waals surface area contributed by atoms with E-state index >= 15 is 0 Å². The second-order valence-corrected chi connectivity index (χ2v) is 8.02. The molecular formula is C15H23NO4S. The number of methoxy groups -OCH3 is 1. The summed E-state index contributed by atoms with van der Waals surface area (Å²) in [6.45, 7) is 7.75. The predicted molar refractivity (Wildman–Crippen MR) is 81.6 cm³/mol. The van der Waals surface area contributed by atoms with E-state index in [9.17, 15) is 13.2 Å². The Hall–Kier alpha value is -1.40. The molecule has 1 aromatic carbocycles. The minimum atomic E-state index is -3.77. The first-order valence-electron chi connectivity index (χ1n) is 6.69. The van der Waals surface area contributed by atoms with Crippen LogP contribution >= 0.6 is 0 Å². The van der Waals surface area contributed by atoms with Crippen molar-refractivity contribution in [3.63, 3.8) is 0 Å². The Labute approximate surface area is 127 Å². The fourth-order valence-corrected chi connectivity index (χ4v) is 3.60. The molecule has 0 aromatic heterocycles. The van der Waals surface area contributed by atoms with Crippen LogP contribution in [0.15, 0.2) is 29.2 Å². The van der Waals surface area contributed by atoms with E-state index in [1.165, 1.54) is 30.6 Å². The van der Waals surface area contributed by atoms with Gasteiger partial charge in [-0.1, -0.05) is 32.9 Å². The first-order valence-corrected chi connectivity index (χ1v) is 8.13. The van der Waals surface area contributed by atoms with Crippen LogP contribution < -0.4 is 0 Å². The highest BCUT2D eigenvalue weighted by molar-refractivity contribution is 7.89. The number of rotatable bonds is 4. The van der Waals surface area contributed by atoms with Gasteiger partial charge in [-0.3, -0.25) is 0 Å². The summed E-state index contributed by atoms with van der Waals surface area (Å²) in [5.74, 6) is -0.661. The number of hydrogen-bond acceptors (Lipinski definition) is 4. The molecule has 0 saturated heterocycles. The minimum absolute atomic E-state index is 0.0320. The second kappa shape index (κ2) is 6.15. The molecule has 0 aliphatic heterocycles. The van der Waals surface area contributed by atoms with E-state index in [2.05, 4.69) is 4.74 Å². The van der Waals surface area contributed by atoms with Gasteiger partial charge in [0.25, 0.3) is 0 Å². The molecule has 1 aromatic rings. The van der Waals surface area contributed by atoms with Gasteiger partial charge in [-0.05, 0) is 24.5 Å². The molecule has 0 heterocycles. The van der Waals surface area contributed by atoms with Crippen molar-refractivity contribution >= 4 is 16.0 Å². The van der Waals surface area contributed by atoms with Gasteiger partial charge >= 0.3 is 5.97 Å². The molecule has 0 unspecified atom stereocenters. The molecule has 0 fully saturated rings. The van der Waals surface area contributed by atoms with Gasteiger partial charge in [0.1, 0.15) is 0 Å². The van der Waals surface area contributed by atoms with Crippen LogP contribution in [0.3, 0.4) is 0 Å². The van der Waals surface area contributed by atoms with Gasteiger partial charge in [-0.15, -0.1) is 0 Å². The molecule has 5 nitrogen and oxygen atoms in total. The van der Waals surface area contributed by atoms with Gasteiger partial charge in [0.05, 0.1) is 17.6 Å². The van der Waals surface area contributed by atoms with E-state index in [0.717, 1.165) is 0 Å². The monoisotopic (exact) mass is 313 g/mol. The topological polar surface area (TPSA) is 63.7 Å². The Morgan fingerprint density at radius 3 is 2.24 bits per heavy atom. The van der Waals surface area contributed by atoms with E-state index in [1.807, 2.05) is 27.7 Å². The molecule has 0 aliphatic rings. The van der Waals surface area contributed by atoms with Crippen LogP contribution in [0.25, 0.3) is 0 Å². The second-order valence-electron chi connectivity index (χ2n) is 6.05. The van der Waals surface area contributed by atoms with Crippen LogP contribution in [0.2, 0.25) is 0 Å². The summed E-state index contributed by atoms with van der Waals surface area (Å²) in [6.07, 6.45) is 0. The van der Waals surface area contributed by atoms with Gasteiger partial charge in [0.2, 0.25) is 10.0 Å². The number of benzene rings is 1. The zero-order valence-corrected chi connectivity index (χ0v) is 14.2. The summed E-state index contributed by atoms with van der Waals surface area (Å²) < 4.78 is 31.5. The lowest BCUT2D eigenvalue weighted by molar-refractivity contribution is 0.0596. The Bertz CT molecular complexity index is 617. The fourth-order valence-electron chi connectivity index (χ4n) is 1.88. The van der Waals surface area contributed by atoms with Crippen LogP contribution in [0, 0.1) is 5.41 Å². The fraction of sp³-hybridized carbons (Fsp3) is 0.533. The van der Waals surface area contributed by atoms with Crippen LogP contribution in [0.4, 0.5) is 0 Å². The Morgan fingerprint density at radius 2 is 1.76 bits per heavy atom. The normalized spacial score (nSPS) is 14.0. The molecule has 0 amide bonds. The van der Waals surface area contributed by atoms with E-state index in [1.54, 1.807) is 12.1 Å². The number of ether oxygens (including phenoxy) is 1. The third kappa shape index (κ3) is 3.63. The molecule has 6 heteroatoms. The van der Waals surface area contributed by atoms with E-state index in [-0.39, 0.29) is 21.9 Å². The Morgan fingerprint density at radius 1 is 1.24 bits per heavy atom. The lowest BCUT2D eigenvalue weighted by atomic mass is 9.88. The van der Waals surface area contributed by atoms with Gasteiger partial charge in [-0.25, -0.2) is 13.2 Å². The van der Waals surface area contributed by atoms with Crippen LogP contribution in [0.5, 0.6) is 0 Å². The van der Waals surface area contributed by atoms with Crippen molar-refractivity contribution in [1.82, 2.24) is 4.31 Å². The molecular weight excluding hydrogens is 290 g/mol. The number of hydrogen-bond donors (Lipinski definition) is 0. The average molecular weight is 313 g/mol. The van der Waals surface area contributed by atoms with Crippen LogP contribution in [0.1, 0.15) is 38.1 Å². The van der Waals surface area contributed by atoms with Crippen molar-refractivity contribution in [3.05, 3.63) is 29.8 Å². The zero-order chi connectivity index (χ0) is 16.4. The number of esters is 1. The zero-order valence-electron chi connectivity index (χ0n) is 13.4. The van der Waals surface area contributed by atoms with Gasteiger partial charge in [0, 0.05) is 13.1 Å². The average Bonchev–Trinajstić information content (AvgIpc) is 2.43. The molecule has 0 radical (unpaired) electrons. The lowest BCUT2D eigenvalue weighted by Gasteiger charge is -2.34. The number of carbonyl (C=O) groups excluding carboxylic acids is 1. The van der Waals surface area contributed by atoms with Crippen molar-refractivity contribution in [2.45, 2.75) is 38.6 Å². The Kier molecular flexibility index (Phi) is 5.17. The minimum Gasteiger partial charge on any atom is -0.465 e. The molecule has 0 aliphatic carbocycles. The van der Waals surface area contributed by atoms with Crippen LogP contribution in [-0.2, 0) is 14.8 Å². The van der Waals surface area contributed by atoms with Crippen LogP contribution in [-0.4, -0.2) is 38.9 Å². The SMILES string of the molecule is COC(=O)c1ccccc1S(=O)(=O)N(C)[C@H](C)C(C)(C)C. The lowest BCUT2D eigenvalue weighted by Crippen LogP contribution is -2.43. The molecule has 0 saturated carbocycles. The highest BCUT2D eigenvalue weighted by Gasteiger charge is 2.34. The molecule has 0 N–H and O–H groups in total. The highest BCUT2D eigenvalue weighted by Crippen LogP contribution is 2.29. The van der Waals surface area contributed by atoms with Gasteiger partial charge in [-0.2, -0.15) is 4.31 Å². The van der Waals surface area contributed by atoms with E-state index < -0.39 is 16.0 Å². The summed E-state index contributed by atoms with van der Waals surface area (Å²) in [5.41, 5.74) is -0.171. The third-order valence-electron chi connectivity index (χ3n) is 3.75. The highest BCUT2D eigenvalue weighted by atomic mass is 32.2. The van der Waals surface area contributed by atoms with E-state index in [0.29, 0.717) is 0 Å². The molecule has 1 rings (SSSR count). The summed E-state index contributed by atoms with van der Waals surface area (Å²) >= 11 is 0. The first-order chi connectivity index (χ1) is 9.53. The van der Waals surface area contributed by atoms with Crippen molar-refractivity contribution in [2.24, 2.45) is 5.41 Å². The van der Waals surface area contributed by atoms with Crippen molar-refractivity contribution in [2.75, 3.05) is 14.2 Å². The maximum atomic E-state index is 12.8. The maximum Gasteiger partial charge on any atom is 0.339 e. The summed E-state index contributed by atoms with van der Waals surface area (Å²) in [4.78, 5) is 11.7. The third-order valence-corrected chi connectivity index (χ3v) is 5.73. The standard InChI is InChI=1S/C15H23NO4S/c1-11(15(2,3)4)16(5)21(18,19)13-10-8-7-9-12(13)14(17)20-6/h7-11H,1-6H3/t11-/m1/s1. The molecule has 0 bridgehead atoms. The number of nitrogens with zero attached hydrogens (tertiary/aromatic N) is 1. The molecule has 21 heavy (non-hydrogen) atoms. The summed E-state index contributed by atoms with van der Waals surface area (Å²) in [6, 6.07) is 5.85. The van der Waals surface area contributed by atoms with Crippen molar-refractivity contribution in [3.8, 4) is 0 Å². The summed E-state index contributed by atoms with van der Waals surface area (Å²) in [5, 5.41) is 0. The smallest absolute Gasteiger partial charge is 0.339 e. The maximum absolute atomic E-state index is 12.8. The predicted octanol–water partition coefficient (Wildman–Crippen LogP) is 2.53. The summed E-state index contributed by atoms with van der Waals surface area (Å²) in [7, 11) is -1.02. The first kappa shape index (κ1) is 17.7. The largest absolute Gasteiger partial charge is 0.465 e. The molecule has 0 spiro atoms. The van der Waals surface area contributed by atoms with Crippen molar-refractivity contribution < 1.29 is 17.9 Å². The van der Waals surface area contributed by atoms with E-state index in [4.69, 9.17) is 0 Å². The number of carbonyl (C=O) groups is 1. The molecule has 1 atom stereocenters. The van der Waals surface area contributed by atoms with Crippen molar-refractivity contribution in [1.29, 1.82) is 0 Å². The van der Waals surface area contributed by atoms with Gasteiger partial charge in [0.15, 0.2) is 0 Å². The van der Waals surface area contributed by atoms with Gasteiger partial charge < -0.3 is 4.74 Å². The Balaban J connectivity index is 3.36.